The molecule has 0 fully saturated rings. The molecule has 1 rings (SSSR count). The molecule has 0 aliphatic carbocycles. The maximum Gasteiger partial charge on any atom is 0.326 e. The highest BCUT2D eigenvalue weighted by Crippen LogP contribution is 2.09. The van der Waals surface area contributed by atoms with Gasteiger partial charge in [-0.3, -0.25) is 14.9 Å². The van der Waals surface area contributed by atoms with Gasteiger partial charge in [-0.15, -0.1) is 0 Å². The van der Waals surface area contributed by atoms with Crippen molar-refractivity contribution in [2.75, 3.05) is 13.1 Å². The molecule has 0 aliphatic rings. The summed E-state index contributed by atoms with van der Waals surface area (Å²) in [5.41, 5.74) is 0.593. The van der Waals surface area contributed by atoms with E-state index in [2.05, 4.69) is 15.6 Å². The van der Waals surface area contributed by atoms with Crippen LogP contribution in [0.3, 0.4) is 0 Å². The molecule has 4 N–H and O–H groups in total. The van der Waals surface area contributed by atoms with Gasteiger partial charge in [-0.1, -0.05) is 0 Å². The zero-order valence-corrected chi connectivity index (χ0v) is 8.99. The molecule has 0 spiro atoms. The zero-order valence-electron chi connectivity index (χ0n) is 8.99. The maximum atomic E-state index is 11.0. The lowest BCUT2D eigenvalue weighted by molar-refractivity contribution is -0.139. The molecule has 0 aliphatic heterocycles. The van der Waals surface area contributed by atoms with Gasteiger partial charge in [0.1, 0.15) is 6.04 Å². The van der Waals surface area contributed by atoms with Crippen LogP contribution < -0.4 is 10.6 Å². The topological polar surface area (TPSA) is 94.2 Å². The fourth-order valence-electron chi connectivity index (χ4n) is 1.31. The van der Waals surface area contributed by atoms with E-state index >= 15 is 0 Å². The summed E-state index contributed by atoms with van der Waals surface area (Å²) < 4.78 is 0. The number of carboxylic acid groups (broad SMARTS) is 1. The summed E-state index contributed by atoms with van der Waals surface area (Å²) >= 11 is 0. The Morgan fingerprint density at radius 1 is 1.50 bits per heavy atom. The summed E-state index contributed by atoms with van der Waals surface area (Å²) in [7, 11) is 0. The molecule has 1 heterocycles. The van der Waals surface area contributed by atoms with Crippen LogP contribution in [0.4, 0.5) is 0 Å². The van der Waals surface area contributed by atoms with Crippen molar-refractivity contribution in [3.63, 3.8) is 0 Å². The van der Waals surface area contributed by atoms with E-state index in [4.69, 9.17) is 5.11 Å². The monoisotopic (exact) mass is 225 g/mol. The van der Waals surface area contributed by atoms with E-state index in [9.17, 15) is 9.59 Å². The van der Waals surface area contributed by atoms with Crippen LogP contribution in [0.2, 0.25) is 0 Å². The Labute approximate surface area is 93.0 Å². The molecule has 1 amide bonds. The van der Waals surface area contributed by atoms with Gasteiger partial charge < -0.3 is 15.4 Å². The number of rotatable bonds is 6. The number of hydrogen-bond acceptors (Lipinski definition) is 3. The molecule has 0 saturated heterocycles. The van der Waals surface area contributed by atoms with E-state index in [-0.39, 0.29) is 5.91 Å². The molecule has 1 aromatic heterocycles. The van der Waals surface area contributed by atoms with E-state index in [1.165, 1.54) is 6.92 Å². The maximum absolute atomic E-state index is 11.0. The molecule has 1 atom stereocenters. The first-order valence-electron chi connectivity index (χ1n) is 4.95. The predicted molar refractivity (Wildman–Crippen MR) is 57.9 cm³/mol. The summed E-state index contributed by atoms with van der Waals surface area (Å²) in [6.45, 7) is 2.22. The minimum atomic E-state index is -0.953. The van der Waals surface area contributed by atoms with Crippen LogP contribution >= 0.6 is 0 Å². The van der Waals surface area contributed by atoms with Gasteiger partial charge in [0.05, 0.1) is 0 Å². The number of H-pyrrole nitrogens is 1. The molecule has 0 aromatic carbocycles. The van der Waals surface area contributed by atoms with Gasteiger partial charge in [-0.2, -0.15) is 0 Å². The number of amides is 1. The fraction of sp³-hybridized carbons (Fsp3) is 0.400. The second-order valence-electron chi connectivity index (χ2n) is 3.33. The Bertz CT molecular complexity index is 348. The van der Waals surface area contributed by atoms with Gasteiger partial charge in [-0.25, -0.2) is 0 Å². The van der Waals surface area contributed by atoms with Crippen LogP contribution in [-0.4, -0.2) is 35.1 Å². The van der Waals surface area contributed by atoms with Crippen LogP contribution in [-0.2, 0) is 9.59 Å². The van der Waals surface area contributed by atoms with E-state index in [1.807, 2.05) is 0 Å². The largest absolute Gasteiger partial charge is 0.480 e. The number of hydrogen-bond donors (Lipinski definition) is 4. The average Bonchev–Trinajstić information content (AvgIpc) is 2.69. The van der Waals surface area contributed by atoms with Crippen molar-refractivity contribution >= 4 is 11.9 Å². The summed E-state index contributed by atoms with van der Waals surface area (Å²) in [5, 5.41) is 14.4. The molecular formula is C10H15N3O3. The Morgan fingerprint density at radius 3 is 2.75 bits per heavy atom. The number of aromatic amines is 1. The molecule has 88 valence electrons. The second-order valence-corrected chi connectivity index (χ2v) is 3.33. The van der Waals surface area contributed by atoms with Crippen LogP contribution in [0.5, 0.6) is 0 Å². The summed E-state index contributed by atoms with van der Waals surface area (Å²) in [5.74, 6) is -1.08. The third-order valence-electron chi connectivity index (χ3n) is 2.03. The molecule has 1 aromatic rings. The number of carboxylic acids is 1. The van der Waals surface area contributed by atoms with Crippen LogP contribution in [0.1, 0.15) is 18.7 Å². The van der Waals surface area contributed by atoms with Crippen LogP contribution in [0.15, 0.2) is 18.3 Å². The van der Waals surface area contributed by atoms with Gasteiger partial charge in [0.2, 0.25) is 5.91 Å². The molecule has 0 radical (unpaired) electrons. The lowest BCUT2D eigenvalue weighted by atomic mass is 10.2. The first kappa shape index (κ1) is 12.3. The van der Waals surface area contributed by atoms with Crippen LogP contribution in [0.25, 0.3) is 0 Å². The summed E-state index contributed by atoms with van der Waals surface area (Å²) in [6.07, 6.45) is 1.67. The third-order valence-corrected chi connectivity index (χ3v) is 2.03. The molecular weight excluding hydrogens is 210 g/mol. The van der Waals surface area contributed by atoms with Gasteiger partial charge in [0.15, 0.2) is 0 Å². The molecule has 0 bridgehead atoms. The van der Waals surface area contributed by atoms with Crippen molar-refractivity contribution in [3.8, 4) is 0 Å². The van der Waals surface area contributed by atoms with Gasteiger partial charge in [0.25, 0.3) is 0 Å². The second kappa shape index (κ2) is 5.92. The Balaban J connectivity index is 2.41. The number of aromatic nitrogens is 1. The van der Waals surface area contributed by atoms with E-state index in [0.717, 1.165) is 0 Å². The molecule has 16 heavy (non-hydrogen) atoms. The highest BCUT2D eigenvalue weighted by atomic mass is 16.4. The minimum absolute atomic E-state index is 0.131. The highest BCUT2D eigenvalue weighted by Gasteiger charge is 2.19. The lowest BCUT2D eigenvalue weighted by Crippen LogP contribution is -2.35. The molecule has 1 unspecified atom stereocenters. The van der Waals surface area contributed by atoms with Gasteiger partial charge in [-0.05, 0) is 12.1 Å². The highest BCUT2D eigenvalue weighted by molar-refractivity contribution is 5.75. The van der Waals surface area contributed by atoms with Crippen molar-refractivity contribution in [2.45, 2.75) is 13.0 Å². The predicted octanol–water partition coefficient (Wildman–Crippen LogP) is -0.134. The van der Waals surface area contributed by atoms with Crippen molar-refractivity contribution in [3.05, 3.63) is 24.0 Å². The van der Waals surface area contributed by atoms with Crippen LogP contribution in [0, 0.1) is 0 Å². The number of carbonyl (C=O) groups is 2. The molecule has 6 nitrogen and oxygen atoms in total. The van der Waals surface area contributed by atoms with Crippen molar-refractivity contribution in [1.82, 2.24) is 15.6 Å². The summed E-state index contributed by atoms with van der Waals surface area (Å²) in [4.78, 5) is 24.4. The minimum Gasteiger partial charge on any atom is -0.480 e. The first-order valence-corrected chi connectivity index (χ1v) is 4.95. The third kappa shape index (κ3) is 3.74. The smallest absolute Gasteiger partial charge is 0.326 e. The summed E-state index contributed by atoms with van der Waals surface area (Å²) in [6, 6.07) is 2.66. The van der Waals surface area contributed by atoms with Crippen molar-refractivity contribution in [1.29, 1.82) is 0 Å². The van der Waals surface area contributed by atoms with Gasteiger partial charge >= 0.3 is 5.97 Å². The SMILES string of the molecule is CC(=O)NCCNC(C(=O)O)c1ccc[nH]1. The number of carbonyl (C=O) groups excluding carboxylic acids is 1. The zero-order chi connectivity index (χ0) is 12.0. The van der Waals surface area contributed by atoms with Crippen molar-refractivity contribution in [2.24, 2.45) is 0 Å². The van der Waals surface area contributed by atoms with Gasteiger partial charge in [0, 0.05) is 31.9 Å². The normalized spacial score (nSPS) is 12.1. The number of nitrogens with one attached hydrogen (secondary N) is 3. The van der Waals surface area contributed by atoms with E-state index < -0.39 is 12.0 Å². The fourth-order valence-corrected chi connectivity index (χ4v) is 1.31. The first-order chi connectivity index (χ1) is 7.61. The molecule has 0 saturated carbocycles. The van der Waals surface area contributed by atoms with E-state index in [1.54, 1.807) is 18.3 Å². The quantitative estimate of drug-likeness (QED) is 0.507. The van der Waals surface area contributed by atoms with Crippen molar-refractivity contribution < 1.29 is 14.7 Å². The Morgan fingerprint density at radius 2 is 2.25 bits per heavy atom. The average molecular weight is 225 g/mol. The Kier molecular flexibility index (Phi) is 4.53. The Hall–Kier alpha value is -1.82. The van der Waals surface area contributed by atoms with E-state index in [0.29, 0.717) is 18.8 Å². The molecule has 6 heteroatoms. The lowest BCUT2D eigenvalue weighted by Gasteiger charge is -2.13. The standard InChI is InChI=1S/C10H15N3O3/c1-7(14)11-5-6-13-9(10(15)16)8-3-2-4-12-8/h2-4,9,12-13H,5-6H2,1H3,(H,11,14)(H,15,16). The number of aliphatic carboxylic acids is 1.